The number of carbonyl (C=O) groups excluding carboxylic acids is 1. The second-order valence-corrected chi connectivity index (χ2v) is 2.69. The Bertz CT molecular complexity index is 232. The zero-order valence-corrected chi connectivity index (χ0v) is 6.62. The predicted molar refractivity (Wildman–Crippen MR) is 37.5 cm³/mol. The zero-order chi connectivity index (χ0) is 9.94. The minimum atomic E-state index is -1.70. The van der Waals surface area contributed by atoms with Crippen LogP contribution in [0.3, 0.4) is 0 Å². The van der Waals surface area contributed by atoms with E-state index in [2.05, 4.69) is 0 Å². The summed E-state index contributed by atoms with van der Waals surface area (Å²) in [5.74, 6) is -4.33. The molecule has 6 nitrogen and oxygen atoms in total. The number of carboxylic acids is 2. The van der Waals surface area contributed by atoms with Gasteiger partial charge in [0.15, 0.2) is 0 Å². The van der Waals surface area contributed by atoms with Crippen LogP contribution >= 0.6 is 0 Å². The normalized spacial score (nSPS) is 10.5. The Morgan fingerprint density at radius 1 is 1.17 bits per heavy atom. The molecular weight excluding hydrogens is 166 g/mol. The van der Waals surface area contributed by atoms with Gasteiger partial charge in [0, 0.05) is 0 Å². The minimum Gasteiger partial charge on any atom is -0.480 e. The van der Waals surface area contributed by atoms with E-state index in [0.717, 1.165) is 0 Å². The highest BCUT2D eigenvalue weighted by molar-refractivity contribution is 6.32. The number of nitrogens with one attached hydrogen (secondary N) is 1. The Balaban J connectivity index is 4.35. The first kappa shape index (κ1) is 10.4. The summed E-state index contributed by atoms with van der Waals surface area (Å²) < 4.78 is 0. The molecule has 0 aliphatic carbocycles. The average Bonchev–Trinajstić information content (AvgIpc) is 1.85. The first-order valence-electron chi connectivity index (χ1n) is 3.06. The molecule has 0 heterocycles. The van der Waals surface area contributed by atoms with Gasteiger partial charge >= 0.3 is 17.8 Å². The van der Waals surface area contributed by atoms with Crippen LogP contribution in [0.25, 0.3) is 0 Å². The van der Waals surface area contributed by atoms with Crippen LogP contribution in [0.4, 0.5) is 0 Å². The van der Waals surface area contributed by atoms with E-state index >= 15 is 0 Å². The maximum absolute atomic E-state index is 10.5. The summed E-state index contributed by atoms with van der Waals surface area (Å²) in [6.07, 6.45) is 0. The molecule has 6 heteroatoms. The van der Waals surface area contributed by atoms with Gasteiger partial charge in [0.25, 0.3) is 0 Å². The van der Waals surface area contributed by atoms with E-state index in [0.29, 0.717) is 0 Å². The van der Waals surface area contributed by atoms with Crippen molar-refractivity contribution >= 4 is 17.8 Å². The van der Waals surface area contributed by atoms with Gasteiger partial charge in [0.1, 0.15) is 5.54 Å². The van der Waals surface area contributed by atoms with Gasteiger partial charge in [-0.2, -0.15) is 0 Å². The third kappa shape index (κ3) is 2.57. The third-order valence-corrected chi connectivity index (χ3v) is 1.15. The van der Waals surface area contributed by atoms with Crippen LogP contribution in [0.5, 0.6) is 0 Å². The van der Waals surface area contributed by atoms with Crippen molar-refractivity contribution in [2.45, 2.75) is 19.4 Å². The fourth-order valence-corrected chi connectivity index (χ4v) is 0.391. The second-order valence-electron chi connectivity index (χ2n) is 2.69. The van der Waals surface area contributed by atoms with Crippen LogP contribution in [0, 0.1) is 0 Å². The molecule has 0 rings (SSSR count). The first-order chi connectivity index (χ1) is 5.27. The van der Waals surface area contributed by atoms with Gasteiger partial charge in [0.2, 0.25) is 0 Å². The van der Waals surface area contributed by atoms with Gasteiger partial charge in [-0.3, -0.25) is 4.79 Å². The van der Waals surface area contributed by atoms with Gasteiger partial charge < -0.3 is 15.5 Å². The fraction of sp³-hybridized carbons (Fsp3) is 0.500. The summed E-state index contributed by atoms with van der Waals surface area (Å²) in [5.41, 5.74) is -1.56. The molecule has 12 heavy (non-hydrogen) atoms. The van der Waals surface area contributed by atoms with Crippen LogP contribution in [-0.2, 0) is 14.4 Å². The smallest absolute Gasteiger partial charge is 0.394 e. The standard InChI is InChI=1S/C6H9NO5/c1-6(2,5(11)12)7-3(8)4(9)10/h1-2H3,(H,7,8)(H,9,10)(H,11,12). The molecule has 1 amide bonds. The molecule has 68 valence electrons. The van der Waals surface area contributed by atoms with Crippen LogP contribution in [-0.4, -0.2) is 33.6 Å². The van der Waals surface area contributed by atoms with Crippen molar-refractivity contribution in [3.63, 3.8) is 0 Å². The molecule has 0 aliphatic rings. The van der Waals surface area contributed by atoms with Crippen molar-refractivity contribution in [2.24, 2.45) is 0 Å². The van der Waals surface area contributed by atoms with E-state index < -0.39 is 23.4 Å². The lowest BCUT2D eigenvalue weighted by molar-refractivity contribution is -0.153. The molecule has 0 saturated heterocycles. The lowest BCUT2D eigenvalue weighted by atomic mass is 10.1. The van der Waals surface area contributed by atoms with Crippen LogP contribution in [0.15, 0.2) is 0 Å². The van der Waals surface area contributed by atoms with E-state index in [4.69, 9.17) is 10.2 Å². The maximum atomic E-state index is 10.5. The van der Waals surface area contributed by atoms with Crippen molar-refractivity contribution in [1.29, 1.82) is 0 Å². The number of carbonyl (C=O) groups is 3. The molecule has 3 N–H and O–H groups in total. The Hall–Kier alpha value is -1.59. The van der Waals surface area contributed by atoms with Crippen molar-refractivity contribution in [3.05, 3.63) is 0 Å². The topological polar surface area (TPSA) is 104 Å². The number of aliphatic carboxylic acids is 2. The summed E-state index contributed by atoms with van der Waals surface area (Å²) in [4.78, 5) is 30.9. The van der Waals surface area contributed by atoms with Gasteiger partial charge in [0.05, 0.1) is 0 Å². The Kier molecular flexibility index (Phi) is 2.78. The van der Waals surface area contributed by atoms with Crippen LogP contribution < -0.4 is 5.32 Å². The molecule has 0 aromatic rings. The maximum Gasteiger partial charge on any atom is 0.394 e. The zero-order valence-electron chi connectivity index (χ0n) is 6.62. The van der Waals surface area contributed by atoms with Crippen LogP contribution in [0.2, 0.25) is 0 Å². The SMILES string of the molecule is CC(C)(NC(=O)C(=O)O)C(=O)O. The Labute approximate surface area is 68.2 Å². The average molecular weight is 175 g/mol. The molecule has 0 unspecified atom stereocenters. The molecule has 0 atom stereocenters. The highest BCUT2D eigenvalue weighted by atomic mass is 16.4. The number of rotatable bonds is 2. The summed E-state index contributed by atoms with van der Waals surface area (Å²) in [5, 5.41) is 18.4. The molecule has 0 saturated carbocycles. The van der Waals surface area contributed by atoms with Gasteiger partial charge in [-0.05, 0) is 13.8 Å². The van der Waals surface area contributed by atoms with E-state index in [9.17, 15) is 14.4 Å². The van der Waals surface area contributed by atoms with E-state index in [1.165, 1.54) is 13.8 Å². The van der Waals surface area contributed by atoms with Gasteiger partial charge in [-0.25, -0.2) is 9.59 Å². The molecule has 0 spiro atoms. The molecule has 0 aromatic carbocycles. The highest BCUT2D eigenvalue weighted by Crippen LogP contribution is 2.00. The van der Waals surface area contributed by atoms with E-state index in [1.807, 2.05) is 5.32 Å². The number of hydrogen-bond donors (Lipinski definition) is 3. The number of carboxylic acid groups (broad SMARTS) is 2. The lowest BCUT2D eigenvalue weighted by Crippen LogP contribution is -2.51. The lowest BCUT2D eigenvalue weighted by Gasteiger charge is -2.19. The first-order valence-corrected chi connectivity index (χ1v) is 3.06. The number of amides is 1. The second kappa shape index (κ2) is 3.21. The minimum absolute atomic E-state index is 1.19. The van der Waals surface area contributed by atoms with E-state index in [-0.39, 0.29) is 0 Å². The molecule has 0 aliphatic heterocycles. The Morgan fingerprint density at radius 3 is 1.83 bits per heavy atom. The predicted octanol–water partition coefficient (Wildman–Crippen LogP) is -0.950. The van der Waals surface area contributed by atoms with Gasteiger partial charge in [-0.15, -0.1) is 0 Å². The molecule has 0 bridgehead atoms. The largest absolute Gasteiger partial charge is 0.480 e. The van der Waals surface area contributed by atoms with Crippen molar-refractivity contribution in [3.8, 4) is 0 Å². The van der Waals surface area contributed by atoms with Crippen molar-refractivity contribution in [1.82, 2.24) is 5.32 Å². The Morgan fingerprint density at radius 2 is 1.58 bits per heavy atom. The third-order valence-electron chi connectivity index (χ3n) is 1.15. The van der Waals surface area contributed by atoms with Crippen LogP contribution in [0.1, 0.15) is 13.8 Å². The molecule has 0 radical (unpaired) electrons. The summed E-state index contributed by atoms with van der Waals surface area (Å²) in [7, 11) is 0. The van der Waals surface area contributed by atoms with E-state index in [1.54, 1.807) is 0 Å². The summed E-state index contributed by atoms with van der Waals surface area (Å²) in [6.45, 7) is 2.38. The van der Waals surface area contributed by atoms with Crippen molar-refractivity contribution < 1.29 is 24.6 Å². The van der Waals surface area contributed by atoms with Crippen molar-refractivity contribution in [2.75, 3.05) is 0 Å². The summed E-state index contributed by atoms with van der Waals surface area (Å²) >= 11 is 0. The summed E-state index contributed by atoms with van der Waals surface area (Å²) in [6, 6.07) is 0. The molecule has 0 fully saturated rings. The highest BCUT2D eigenvalue weighted by Gasteiger charge is 2.30. The molecular formula is C6H9NO5. The monoisotopic (exact) mass is 175 g/mol. The number of hydrogen-bond acceptors (Lipinski definition) is 3. The molecule has 0 aromatic heterocycles. The fourth-order valence-electron chi connectivity index (χ4n) is 0.391. The quantitative estimate of drug-likeness (QED) is 0.469. The van der Waals surface area contributed by atoms with Gasteiger partial charge in [-0.1, -0.05) is 0 Å².